The molecule has 0 aromatic heterocycles. The molecule has 1 rings (SSSR count). The van der Waals surface area contributed by atoms with E-state index >= 15 is 0 Å². The van der Waals surface area contributed by atoms with E-state index in [-0.39, 0.29) is 11.4 Å². The molecule has 0 aliphatic rings. The smallest absolute Gasteiger partial charge is 0.338 e. The molecule has 0 heterocycles. The quantitative estimate of drug-likeness (QED) is 0.653. The molecule has 0 bridgehead atoms. The van der Waals surface area contributed by atoms with E-state index in [2.05, 4.69) is 27.9 Å². The van der Waals surface area contributed by atoms with Gasteiger partial charge in [-0.15, -0.1) is 0 Å². The Morgan fingerprint density at radius 1 is 1.32 bits per heavy atom. The molecular weight excluding hydrogens is 357 g/mol. The minimum Gasteiger partial charge on any atom is -0.449 e. The van der Waals surface area contributed by atoms with Crippen molar-refractivity contribution in [3.8, 4) is 0 Å². The van der Waals surface area contributed by atoms with E-state index in [1.807, 2.05) is 26.8 Å². The molecule has 0 aliphatic heterocycles. The number of ether oxygens (including phenoxy) is 1. The third-order valence-corrected chi connectivity index (χ3v) is 2.88. The highest BCUT2D eigenvalue weighted by Crippen LogP contribution is 2.10. The summed E-state index contributed by atoms with van der Waals surface area (Å²) in [4.78, 5) is 23.7. The average molecular weight is 375 g/mol. The van der Waals surface area contributed by atoms with E-state index in [0.29, 0.717) is 5.56 Å². The van der Waals surface area contributed by atoms with Crippen molar-refractivity contribution in [2.75, 3.05) is 0 Å². The Balaban J connectivity index is 2.64. The Morgan fingerprint density at radius 3 is 2.47 bits per heavy atom. The predicted octanol–water partition coefficient (Wildman–Crippen LogP) is 2.75. The van der Waals surface area contributed by atoms with Crippen LogP contribution >= 0.6 is 22.6 Å². The number of hydrogen-bond acceptors (Lipinski definition) is 3. The lowest BCUT2D eigenvalue weighted by molar-refractivity contribution is -0.130. The summed E-state index contributed by atoms with van der Waals surface area (Å²) in [6.45, 7) is 7.18. The molecule has 1 amide bonds. The molecular formula is C14H18INO3. The number of carbonyl (C=O) groups excluding carboxylic acids is 2. The molecule has 0 aliphatic carbocycles. The fraction of sp³-hybridized carbons (Fsp3) is 0.429. The molecule has 1 aromatic rings. The molecule has 4 nitrogen and oxygen atoms in total. The summed E-state index contributed by atoms with van der Waals surface area (Å²) in [5, 5.41) is 2.77. The third kappa shape index (κ3) is 5.59. The fourth-order valence-corrected chi connectivity index (χ4v) is 1.91. The van der Waals surface area contributed by atoms with Gasteiger partial charge in [-0.05, 0) is 68.5 Å². The first-order valence-electron chi connectivity index (χ1n) is 5.97. The van der Waals surface area contributed by atoms with Crippen LogP contribution in [0.1, 0.15) is 38.1 Å². The normalized spacial score (nSPS) is 12.7. The molecule has 0 fully saturated rings. The highest BCUT2D eigenvalue weighted by Gasteiger charge is 2.22. The van der Waals surface area contributed by atoms with Crippen LogP contribution < -0.4 is 5.32 Å². The monoisotopic (exact) mass is 375 g/mol. The van der Waals surface area contributed by atoms with Crippen molar-refractivity contribution < 1.29 is 14.3 Å². The molecule has 1 aromatic carbocycles. The largest absolute Gasteiger partial charge is 0.449 e. The number of hydrogen-bond donors (Lipinski definition) is 1. The summed E-state index contributed by atoms with van der Waals surface area (Å²) in [6, 6.07) is 7.04. The zero-order valence-corrected chi connectivity index (χ0v) is 13.6. The van der Waals surface area contributed by atoms with Crippen molar-refractivity contribution in [2.24, 2.45) is 0 Å². The van der Waals surface area contributed by atoms with Crippen LogP contribution in [0.3, 0.4) is 0 Å². The second-order valence-corrected chi connectivity index (χ2v) is 6.54. The van der Waals surface area contributed by atoms with Crippen LogP contribution in [-0.4, -0.2) is 23.5 Å². The van der Waals surface area contributed by atoms with Gasteiger partial charge in [0.2, 0.25) is 0 Å². The van der Waals surface area contributed by atoms with Crippen LogP contribution in [0, 0.1) is 3.57 Å². The van der Waals surface area contributed by atoms with Gasteiger partial charge in [0, 0.05) is 9.11 Å². The Kier molecular flexibility index (Phi) is 5.34. The average Bonchev–Trinajstić information content (AvgIpc) is 2.26. The first kappa shape index (κ1) is 15.9. The molecule has 0 saturated heterocycles. The molecule has 19 heavy (non-hydrogen) atoms. The highest BCUT2D eigenvalue weighted by atomic mass is 127. The lowest BCUT2D eigenvalue weighted by Crippen LogP contribution is -2.46. The number of nitrogens with one attached hydrogen (secondary N) is 1. The van der Waals surface area contributed by atoms with Crippen LogP contribution in [0.2, 0.25) is 0 Å². The van der Waals surface area contributed by atoms with Gasteiger partial charge in [0.05, 0.1) is 5.56 Å². The number of halogens is 1. The predicted molar refractivity (Wildman–Crippen MR) is 81.9 cm³/mol. The lowest BCUT2D eigenvalue weighted by atomic mass is 10.1. The summed E-state index contributed by atoms with van der Waals surface area (Å²) in [7, 11) is 0. The maximum absolute atomic E-state index is 11.9. The number of carbonyl (C=O) groups is 2. The molecule has 0 radical (unpaired) electrons. The van der Waals surface area contributed by atoms with Crippen LogP contribution in [-0.2, 0) is 9.53 Å². The summed E-state index contributed by atoms with van der Waals surface area (Å²) < 4.78 is 6.09. The number of benzene rings is 1. The van der Waals surface area contributed by atoms with Crippen LogP contribution in [0.5, 0.6) is 0 Å². The second-order valence-electron chi connectivity index (χ2n) is 5.30. The van der Waals surface area contributed by atoms with Gasteiger partial charge in [0.15, 0.2) is 6.10 Å². The highest BCUT2D eigenvalue weighted by molar-refractivity contribution is 14.1. The summed E-state index contributed by atoms with van der Waals surface area (Å²) in [6.07, 6.45) is -0.815. The maximum atomic E-state index is 11.9. The Labute approximate surface area is 127 Å². The second kappa shape index (κ2) is 6.36. The molecule has 1 atom stereocenters. The van der Waals surface area contributed by atoms with Crippen molar-refractivity contribution in [2.45, 2.75) is 39.3 Å². The standard InChI is InChI=1S/C14H18INO3/c1-9(12(17)16-14(2,3)4)19-13(18)10-6-5-7-11(15)8-10/h5-9H,1-4H3,(H,16,17). The first-order valence-corrected chi connectivity index (χ1v) is 7.05. The van der Waals surface area contributed by atoms with Gasteiger partial charge in [-0.2, -0.15) is 0 Å². The molecule has 104 valence electrons. The molecule has 0 spiro atoms. The summed E-state index contributed by atoms with van der Waals surface area (Å²) in [5.74, 6) is -0.790. The number of rotatable bonds is 3. The van der Waals surface area contributed by atoms with Crippen LogP contribution in [0.15, 0.2) is 24.3 Å². The molecule has 5 heteroatoms. The van der Waals surface area contributed by atoms with Crippen molar-refractivity contribution in [3.63, 3.8) is 0 Å². The molecule has 1 N–H and O–H groups in total. The Bertz CT molecular complexity index is 480. The Hall–Kier alpha value is -1.11. The number of esters is 1. The molecule has 0 saturated carbocycles. The zero-order valence-electron chi connectivity index (χ0n) is 11.5. The van der Waals surface area contributed by atoms with Crippen LogP contribution in [0.25, 0.3) is 0 Å². The third-order valence-electron chi connectivity index (χ3n) is 2.21. The zero-order chi connectivity index (χ0) is 14.6. The van der Waals surface area contributed by atoms with E-state index in [0.717, 1.165) is 3.57 Å². The van der Waals surface area contributed by atoms with Crippen molar-refractivity contribution in [3.05, 3.63) is 33.4 Å². The van der Waals surface area contributed by atoms with E-state index in [1.165, 1.54) is 0 Å². The van der Waals surface area contributed by atoms with Gasteiger partial charge < -0.3 is 10.1 Å². The van der Waals surface area contributed by atoms with Crippen molar-refractivity contribution in [1.82, 2.24) is 5.32 Å². The topological polar surface area (TPSA) is 55.4 Å². The minimum absolute atomic E-state index is 0.300. The maximum Gasteiger partial charge on any atom is 0.338 e. The van der Waals surface area contributed by atoms with E-state index in [1.54, 1.807) is 25.1 Å². The van der Waals surface area contributed by atoms with Gasteiger partial charge in [0.25, 0.3) is 5.91 Å². The Morgan fingerprint density at radius 2 is 1.95 bits per heavy atom. The fourth-order valence-electron chi connectivity index (χ4n) is 1.37. The minimum atomic E-state index is -0.815. The van der Waals surface area contributed by atoms with E-state index in [9.17, 15) is 9.59 Å². The van der Waals surface area contributed by atoms with Gasteiger partial charge in [-0.1, -0.05) is 6.07 Å². The van der Waals surface area contributed by atoms with Crippen molar-refractivity contribution in [1.29, 1.82) is 0 Å². The van der Waals surface area contributed by atoms with E-state index < -0.39 is 12.1 Å². The first-order chi connectivity index (χ1) is 8.69. The van der Waals surface area contributed by atoms with Crippen LogP contribution in [0.4, 0.5) is 0 Å². The summed E-state index contributed by atoms with van der Waals surface area (Å²) >= 11 is 2.12. The van der Waals surface area contributed by atoms with Crippen molar-refractivity contribution >= 4 is 34.5 Å². The van der Waals surface area contributed by atoms with E-state index in [4.69, 9.17) is 4.74 Å². The summed E-state index contributed by atoms with van der Waals surface area (Å²) in [5.41, 5.74) is 0.0992. The molecule has 1 unspecified atom stereocenters. The van der Waals surface area contributed by atoms with Gasteiger partial charge in [-0.25, -0.2) is 4.79 Å². The van der Waals surface area contributed by atoms with Gasteiger partial charge in [0.1, 0.15) is 0 Å². The van der Waals surface area contributed by atoms with Gasteiger partial charge >= 0.3 is 5.97 Å². The SMILES string of the molecule is CC(OC(=O)c1cccc(I)c1)C(=O)NC(C)(C)C. The number of amides is 1. The lowest BCUT2D eigenvalue weighted by Gasteiger charge is -2.23. The van der Waals surface area contributed by atoms with Gasteiger partial charge in [-0.3, -0.25) is 4.79 Å².